The van der Waals surface area contributed by atoms with E-state index in [0.29, 0.717) is 30.8 Å². The molecule has 0 heterocycles. The summed E-state index contributed by atoms with van der Waals surface area (Å²) in [6.45, 7) is 0.748. The summed E-state index contributed by atoms with van der Waals surface area (Å²) in [5.41, 5.74) is 4.60. The third kappa shape index (κ3) is 9.13. The molecule has 0 fully saturated rings. The van der Waals surface area contributed by atoms with Crippen LogP contribution < -0.4 is 20.7 Å². The van der Waals surface area contributed by atoms with Crippen molar-refractivity contribution < 1.29 is 14.3 Å². The van der Waals surface area contributed by atoms with Crippen molar-refractivity contribution in [2.75, 3.05) is 29.1 Å². The lowest BCUT2D eigenvalue weighted by molar-refractivity contribution is -0.116. The molecule has 6 nitrogen and oxygen atoms in total. The van der Waals surface area contributed by atoms with Crippen LogP contribution in [0.4, 0.5) is 17.1 Å². The van der Waals surface area contributed by atoms with Crippen LogP contribution in [0, 0.1) is 0 Å². The highest BCUT2D eigenvalue weighted by molar-refractivity contribution is 5.94. The first-order valence-corrected chi connectivity index (χ1v) is 12.9. The molecule has 4 aromatic carbocycles. The van der Waals surface area contributed by atoms with E-state index in [1.807, 2.05) is 72.8 Å². The number of aryl methyl sites for hydroxylation is 2. The molecule has 4 aromatic rings. The lowest BCUT2D eigenvalue weighted by Gasteiger charge is -2.11. The van der Waals surface area contributed by atoms with E-state index in [0.717, 1.165) is 29.8 Å². The van der Waals surface area contributed by atoms with E-state index in [1.165, 1.54) is 5.56 Å². The molecule has 3 N–H and O–H groups in total. The number of hydrogen-bond donors (Lipinski definition) is 3. The first kappa shape index (κ1) is 26.5. The summed E-state index contributed by atoms with van der Waals surface area (Å²) >= 11 is 0. The van der Waals surface area contributed by atoms with Gasteiger partial charge in [-0.2, -0.15) is 0 Å². The number of carbonyl (C=O) groups is 2. The lowest BCUT2D eigenvalue weighted by atomic mass is 10.1. The molecule has 0 unspecified atom stereocenters. The molecule has 2 amide bonds. The highest BCUT2D eigenvalue weighted by Gasteiger charge is 2.06. The Hall–Kier alpha value is -4.58. The van der Waals surface area contributed by atoms with Gasteiger partial charge in [-0.05, 0) is 66.8 Å². The maximum atomic E-state index is 12.4. The smallest absolute Gasteiger partial charge is 0.243 e. The molecule has 194 valence electrons. The molecule has 0 saturated heterocycles. The molecule has 0 atom stereocenters. The van der Waals surface area contributed by atoms with Crippen LogP contribution in [0.1, 0.15) is 24.0 Å². The Bertz CT molecular complexity index is 1290. The normalized spacial score (nSPS) is 10.4. The van der Waals surface area contributed by atoms with Crippen LogP contribution in [0.15, 0.2) is 109 Å². The number of rotatable bonds is 13. The molecule has 0 saturated carbocycles. The van der Waals surface area contributed by atoms with Crippen LogP contribution in [-0.4, -0.2) is 25.0 Å². The topological polar surface area (TPSA) is 79.5 Å². The van der Waals surface area contributed by atoms with Gasteiger partial charge in [0.05, 0.1) is 13.2 Å². The van der Waals surface area contributed by atoms with Crippen LogP contribution in [-0.2, 0) is 22.4 Å². The minimum absolute atomic E-state index is 0.0442. The predicted molar refractivity (Wildman–Crippen MR) is 154 cm³/mol. The van der Waals surface area contributed by atoms with Crippen molar-refractivity contribution in [2.45, 2.75) is 25.7 Å². The van der Waals surface area contributed by atoms with Crippen LogP contribution in [0.5, 0.6) is 5.75 Å². The fraction of sp³-hybridized carbons (Fsp3) is 0.188. The Balaban J connectivity index is 1.15. The Labute approximate surface area is 224 Å². The second kappa shape index (κ2) is 14.2. The van der Waals surface area contributed by atoms with Gasteiger partial charge in [-0.25, -0.2) is 0 Å². The summed E-state index contributed by atoms with van der Waals surface area (Å²) in [7, 11) is 0. The Morgan fingerprint density at radius 1 is 0.605 bits per heavy atom. The number of hydrogen-bond acceptors (Lipinski definition) is 4. The molecule has 0 aliphatic rings. The summed E-state index contributed by atoms with van der Waals surface area (Å²) in [6, 6.07) is 35.0. The Kier molecular flexibility index (Phi) is 9.92. The van der Waals surface area contributed by atoms with Crippen LogP contribution >= 0.6 is 0 Å². The number of benzene rings is 4. The first-order valence-electron chi connectivity index (χ1n) is 12.9. The third-order valence-electron chi connectivity index (χ3n) is 5.94. The fourth-order valence-electron chi connectivity index (χ4n) is 3.96. The highest BCUT2D eigenvalue weighted by Crippen LogP contribution is 2.18. The van der Waals surface area contributed by atoms with E-state index in [4.69, 9.17) is 4.74 Å². The van der Waals surface area contributed by atoms with Crippen LogP contribution in [0.2, 0.25) is 0 Å². The van der Waals surface area contributed by atoms with Crippen molar-refractivity contribution in [3.63, 3.8) is 0 Å². The molecule has 0 bridgehead atoms. The predicted octanol–water partition coefficient (Wildman–Crippen LogP) is 6.32. The molecule has 38 heavy (non-hydrogen) atoms. The maximum absolute atomic E-state index is 12.4. The minimum Gasteiger partial charge on any atom is -0.494 e. The highest BCUT2D eigenvalue weighted by atomic mass is 16.5. The minimum atomic E-state index is -0.168. The van der Waals surface area contributed by atoms with Gasteiger partial charge in [-0.15, -0.1) is 0 Å². The van der Waals surface area contributed by atoms with Crippen molar-refractivity contribution in [3.05, 3.63) is 120 Å². The van der Waals surface area contributed by atoms with E-state index in [1.54, 1.807) is 24.3 Å². The van der Waals surface area contributed by atoms with Crippen LogP contribution in [0.3, 0.4) is 0 Å². The average Bonchev–Trinajstić information content (AvgIpc) is 2.96. The molecule has 6 heteroatoms. The maximum Gasteiger partial charge on any atom is 0.243 e. The summed E-state index contributed by atoms with van der Waals surface area (Å²) in [5, 5.41) is 8.90. The van der Waals surface area contributed by atoms with Gasteiger partial charge >= 0.3 is 0 Å². The monoisotopic (exact) mass is 507 g/mol. The van der Waals surface area contributed by atoms with Gasteiger partial charge < -0.3 is 20.7 Å². The number of ether oxygens (including phenoxy) is 1. The Morgan fingerprint density at radius 3 is 1.87 bits per heavy atom. The number of nitrogens with one attached hydrogen (secondary N) is 3. The second-order valence-corrected chi connectivity index (χ2v) is 8.98. The van der Waals surface area contributed by atoms with Gasteiger partial charge in [0, 0.05) is 29.5 Å². The molecule has 0 radical (unpaired) electrons. The van der Waals surface area contributed by atoms with Gasteiger partial charge in [0.2, 0.25) is 11.8 Å². The summed E-state index contributed by atoms with van der Waals surface area (Å²) < 4.78 is 5.88. The standard InChI is InChI=1S/C32H33N3O3/c36-31(21-16-26-11-5-2-6-12-26)34-27-17-19-28(20-18-27)35-32(37)24-33-29-14-7-15-30(23-29)38-22-8-13-25-9-3-1-4-10-25/h1-7,9-12,14-15,17-20,23,33H,8,13,16,21-22,24H2,(H,34,36)(H,35,37). The molecule has 4 rings (SSSR count). The van der Waals surface area contributed by atoms with E-state index >= 15 is 0 Å². The number of amides is 2. The molecule has 0 aliphatic heterocycles. The van der Waals surface area contributed by atoms with Gasteiger partial charge in [-0.1, -0.05) is 66.7 Å². The quantitative estimate of drug-likeness (QED) is 0.185. The van der Waals surface area contributed by atoms with Crippen LogP contribution in [0.25, 0.3) is 0 Å². The number of anilines is 3. The molecule has 0 spiro atoms. The number of carbonyl (C=O) groups excluding carboxylic acids is 2. The fourth-order valence-corrected chi connectivity index (χ4v) is 3.96. The van der Waals surface area contributed by atoms with Crippen molar-refractivity contribution >= 4 is 28.9 Å². The first-order chi connectivity index (χ1) is 18.6. The van der Waals surface area contributed by atoms with Gasteiger partial charge in [-0.3, -0.25) is 9.59 Å². The van der Waals surface area contributed by atoms with Crippen molar-refractivity contribution in [1.82, 2.24) is 0 Å². The molecular weight excluding hydrogens is 474 g/mol. The largest absolute Gasteiger partial charge is 0.494 e. The molecular formula is C32H33N3O3. The van der Waals surface area contributed by atoms with Crippen molar-refractivity contribution in [2.24, 2.45) is 0 Å². The molecule has 0 aliphatic carbocycles. The molecule has 0 aromatic heterocycles. The third-order valence-corrected chi connectivity index (χ3v) is 5.94. The summed E-state index contributed by atoms with van der Waals surface area (Å²) in [5.74, 6) is 0.556. The second-order valence-electron chi connectivity index (χ2n) is 8.98. The zero-order valence-electron chi connectivity index (χ0n) is 21.4. The Morgan fingerprint density at radius 2 is 1.21 bits per heavy atom. The van der Waals surface area contributed by atoms with E-state index < -0.39 is 0 Å². The average molecular weight is 508 g/mol. The summed E-state index contributed by atoms with van der Waals surface area (Å²) in [6.07, 6.45) is 3.01. The zero-order valence-corrected chi connectivity index (χ0v) is 21.4. The lowest BCUT2D eigenvalue weighted by Crippen LogP contribution is -2.21. The van der Waals surface area contributed by atoms with Gasteiger partial charge in [0.1, 0.15) is 5.75 Å². The van der Waals surface area contributed by atoms with E-state index in [-0.39, 0.29) is 18.4 Å². The van der Waals surface area contributed by atoms with E-state index in [2.05, 4.69) is 28.1 Å². The van der Waals surface area contributed by atoms with Crippen molar-refractivity contribution in [1.29, 1.82) is 0 Å². The zero-order chi connectivity index (χ0) is 26.4. The van der Waals surface area contributed by atoms with Crippen molar-refractivity contribution in [3.8, 4) is 5.75 Å². The SMILES string of the molecule is O=C(CCc1ccccc1)Nc1ccc(NC(=O)CNc2cccc(OCCCc3ccccc3)c2)cc1. The van der Waals surface area contributed by atoms with E-state index in [9.17, 15) is 9.59 Å². The van der Waals surface area contributed by atoms with Gasteiger partial charge in [0.25, 0.3) is 0 Å². The summed E-state index contributed by atoms with van der Waals surface area (Å²) in [4.78, 5) is 24.7. The van der Waals surface area contributed by atoms with Gasteiger partial charge in [0.15, 0.2) is 0 Å².